The number of nitrogens with one attached hydrogen (secondary N) is 1. The predicted molar refractivity (Wildman–Crippen MR) is 130 cm³/mol. The van der Waals surface area contributed by atoms with Crippen molar-refractivity contribution in [3.05, 3.63) is 69.7 Å². The lowest BCUT2D eigenvalue weighted by Gasteiger charge is -2.31. The molecule has 1 saturated heterocycles. The Morgan fingerprint density at radius 1 is 1.19 bits per heavy atom. The smallest absolute Gasteiger partial charge is 0.150 e. The maximum Gasteiger partial charge on any atom is 0.150 e. The molecule has 0 amide bonds. The lowest BCUT2D eigenvalue weighted by atomic mass is 9.87. The molecule has 1 fully saturated rings. The van der Waals surface area contributed by atoms with Gasteiger partial charge in [0.1, 0.15) is 0 Å². The summed E-state index contributed by atoms with van der Waals surface area (Å²) < 4.78 is 14.7. The summed E-state index contributed by atoms with van der Waals surface area (Å²) in [6, 6.07) is 8.62. The summed E-state index contributed by atoms with van der Waals surface area (Å²) in [4.78, 5) is 15.7. The summed E-state index contributed by atoms with van der Waals surface area (Å²) in [7, 11) is 0. The molecule has 3 aromatic heterocycles. The van der Waals surface area contributed by atoms with Crippen molar-refractivity contribution in [2.24, 2.45) is 0 Å². The minimum absolute atomic E-state index is 0.280. The maximum atomic E-state index is 14.7. The van der Waals surface area contributed by atoms with Crippen molar-refractivity contribution in [1.29, 1.82) is 0 Å². The van der Waals surface area contributed by atoms with E-state index in [-0.39, 0.29) is 11.7 Å². The summed E-state index contributed by atoms with van der Waals surface area (Å²) in [6.45, 7) is 9.49. The number of likely N-dealkylation sites (tertiary alicyclic amines) is 1. The Kier molecular flexibility index (Phi) is 5.82. The molecule has 1 aliphatic heterocycles. The Bertz CT molecular complexity index is 1220. The molecule has 4 nitrogen and oxygen atoms in total. The molecule has 4 aromatic rings. The zero-order valence-corrected chi connectivity index (χ0v) is 19.7. The molecule has 32 heavy (non-hydrogen) atoms. The fourth-order valence-electron chi connectivity index (χ4n) is 5.00. The van der Waals surface area contributed by atoms with E-state index in [0.717, 1.165) is 49.4 Å². The number of piperidine rings is 1. The number of hydrogen-bond acceptors (Lipinski definition) is 4. The van der Waals surface area contributed by atoms with E-state index in [1.165, 1.54) is 27.6 Å². The molecule has 0 aliphatic carbocycles. The van der Waals surface area contributed by atoms with Crippen LogP contribution in [0.4, 0.5) is 4.39 Å². The largest absolute Gasteiger partial charge is 0.354 e. The summed E-state index contributed by atoms with van der Waals surface area (Å²) in [5.41, 5.74) is 7.88. The van der Waals surface area contributed by atoms with Gasteiger partial charge in [0.25, 0.3) is 0 Å². The van der Waals surface area contributed by atoms with Crippen LogP contribution in [0.5, 0.6) is 0 Å². The summed E-state index contributed by atoms with van der Waals surface area (Å²) >= 11 is 1.73. The fourth-order valence-corrected chi connectivity index (χ4v) is 5.63. The first-order valence-corrected chi connectivity index (χ1v) is 12.3. The van der Waals surface area contributed by atoms with E-state index in [2.05, 4.69) is 51.9 Å². The van der Waals surface area contributed by atoms with Crippen molar-refractivity contribution in [3.8, 4) is 11.3 Å². The lowest BCUT2D eigenvalue weighted by Crippen LogP contribution is -2.32. The number of H-pyrrole nitrogens is 1. The van der Waals surface area contributed by atoms with Gasteiger partial charge in [-0.3, -0.25) is 14.9 Å². The van der Waals surface area contributed by atoms with Crippen molar-refractivity contribution in [2.75, 3.05) is 13.1 Å². The number of aromatic amines is 1. The maximum absolute atomic E-state index is 14.7. The number of fused-ring (bicyclic) bond motifs is 1. The number of halogens is 1. The number of pyridine rings is 1. The van der Waals surface area contributed by atoms with Gasteiger partial charge in [-0.2, -0.15) is 0 Å². The third-order valence-electron chi connectivity index (χ3n) is 6.62. The standard InChI is InChI=1S/C26H29FN4S/c1-16(2)25-22-11-19(18-6-8-31(9-7-18)14-20-12-28-15-32-20)4-5-24(22)30-26(25)21-10-17(3)29-13-23(21)27/h4-5,10-13,15-16,18,30H,6-9,14H2,1-3H3. The number of nitrogens with zero attached hydrogens (tertiary/aromatic N) is 3. The molecule has 0 spiro atoms. The van der Waals surface area contributed by atoms with Crippen molar-refractivity contribution in [2.45, 2.75) is 52.0 Å². The highest BCUT2D eigenvalue weighted by Crippen LogP contribution is 2.39. The molecule has 0 atom stereocenters. The lowest BCUT2D eigenvalue weighted by molar-refractivity contribution is 0.206. The molecule has 1 aliphatic rings. The van der Waals surface area contributed by atoms with Crippen molar-refractivity contribution < 1.29 is 4.39 Å². The predicted octanol–water partition coefficient (Wildman–Crippen LogP) is 6.64. The molecular weight excluding hydrogens is 419 g/mol. The van der Waals surface area contributed by atoms with Crippen molar-refractivity contribution >= 4 is 22.2 Å². The number of hydrogen-bond donors (Lipinski definition) is 1. The summed E-state index contributed by atoms with van der Waals surface area (Å²) in [5.74, 6) is 0.566. The minimum Gasteiger partial charge on any atom is -0.354 e. The molecule has 0 unspecified atom stereocenters. The number of aryl methyl sites for hydroxylation is 1. The summed E-state index contributed by atoms with van der Waals surface area (Å²) in [6.07, 6.45) is 5.63. The van der Waals surface area contributed by atoms with Crippen LogP contribution in [0.1, 0.15) is 60.2 Å². The first-order chi connectivity index (χ1) is 15.5. The Labute approximate surface area is 192 Å². The molecule has 166 valence electrons. The monoisotopic (exact) mass is 448 g/mol. The zero-order chi connectivity index (χ0) is 22.2. The van der Waals surface area contributed by atoms with Crippen LogP contribution in [0.25, 0.3) is 22.2 Å². The molecular formula is C26H29FN4S. The number of rotatable bonds is 5. The quantitative estimate of drug-likeness (QED) is 0.372. The van der Waals surface area contributed by atoms with Gasteiger partial charge in [-0.1, -0.05) is 19.9 Å². The highest BCUT2D eigenvalue weighted by atomic mass is 32.1. The van der Waals surface area contributed by atoms with Crippen LogP contribution in [-0.4, -0.2) is 32.9 Å². The van der Waals surface area contributed by atoms with Crippen LogP contribution in [0.3, 0.4) is 0 Å². The fraction of sp³-hybridized carbons (Fsp3) is 0.385. The van der Waals surface area contributed by atoms with Crippen LogP contribution in [0, 0.1) is 12.7 Å². The van der Waals surface area contributed by atoms with Gasteiger partial charge in [0.05, 0.1) is 17.4 Å². The topological polar surface area (TPSA) is 44.8 Å². The van der Waals surface area contributed by atoms with Crippen LogP contribution >= 0.6 is 11.3 Å². The molecule has 0 radical (unpaired) electrons. The van der Waals surface area contributed by atoms with Crippen LogP contribution < -0.4 is 0 Å². The van der Waals surface area contributed by atoms with Crippen molar-refractivity contribution in [3.63, 3.8) is 0 Å². The van der Waals surface area contributed by atoms with Gasteiger partial charge < -0.3 is 4.98 Å². The highest BCUT2D eigenvalue weighted by Gasteiger charge is 2.23. The van der Waals surface area contributed by atoms with Gasteiger partial charge >= 0.3 is 0 Å². The second-order valence-electron chi connectivity index (χ2n) is 9.20. The minimum atomic E-state index is -0.280. The Balaban J connectivity index is 1.44. The van der Waals surface area contributed by atoms with Gasteiger partial charge in [0.15, 0.2) is 5.82 Å². The molecule has 0 saturated carbocycles. The van der Waals surface area contributed by atoms with E-state index >= 15 is 0 Å². The van der Waals surface area contributed by atoms with Gasteiger partial charge in [-0.15, -0.1) is 11.3 Å². The Morgan fingerprint density at radius 2 is 2.00 bits per heavy atom. The van der Waals surface area contributed by atoms with E-state index in [0.29, 0.717) is 11.5 Å². The SMILES string of the molecule is Cc1cc(-c2[nH]c3ccc(C4CCN(Cc5cncs5)CC4)cc3c2C(C)C)c(F)cn1. The van der Waals surface area contributed by atoms with E-state index in [4.69, 9.17) is 0 Å². The molecule has 5 rings (SSSR count). The molecule has 1 aromatic carbocycles. The average Bonchev–Trinajstić information content (AvgIpc) is 3.43. The third-order valence-corrected chi connectivity index (χ3v) is 7.39. The van der Waals surface area contributed by atoms with Gasteiger partial charge in [0.2, 0.25) is 0 Å². The second kappa shape index (κ2) is 8.75. The van der Waals surface area contributed by atoms with Gasteiger partial charge in [-0.05, 0) is 74.0 Å². The molecule has 0 bridgehead atoms. The van der Waals surface area contributed by atoms with Crippen LogP contribution in [0.2, 0.25) is 0 Å². The van der Waals surface area contributed by atoms with E-state index in [1.54, 1.807) is 11.3 Å². The van der Waals surface area contributed by atoms with E-state index in [1.807, 2.05) is 24.7 Å². The highest BCUT2D eigenvalue weighted by molar-refractivity contribution is 7.09. The van der Waals surface area contributed by atoms with E-state index < -0.39 is 0 Å². The normalized spacial score (nSPS) is 15.8. The average molecular weight is 449 g/mol. The van der Waals surface area contributed by atoms with E-state index in [9.17, 15) is 4.39 Å². The second-order valence-corrected chi connectivity index (χ2v) is 10.2. The van der Waals surface area contributed by atoms with Gasteiger partial charge in [0, 0.05) is 39.8 Å². The van der Waals surface area contributed by atoms with Crippen LogP contribution in [0.15, 0.2) is 42.2 Å². The third kappa shape index (κ3) is 4.09. The Morgan fingerprint density at radius 3 is 2.72 bits per heavy atom. The van der Waals surface area contributed by atoms with Gasteiger partial charge in [-0.25, -0.2) is 4.39 Å². The number of thiazole rings is 1. The number of aromatic nitrogens is 3. The molecule has 6 heteroatoms. The number of benzene rings is 1. The first kappa shape index (κ1) is 21.3. The Hall–Kier alpha value is -2.57. The van der Waals surface area contributed by atoms with Crippen molar-refractivity contribution in [1.82, 2.24) is 19.9 Å². The zero-order valence-electron chi connectivity index (χ0n) is 18.9. The van der Waals surface area contributed by atoms with Crippen LogP contribution in [-0.2, 0) is 6.54 Å². The summed E-state index contributed by atoms with van der Waals surface area (Å²) in [5, 5.41) is 1.22. The molecule has 4 heterocycles. The first-order valence-electron chi connectivity index (χ1n) is 11.4. The molecule has 1 N–H and O–H groups in total.